The van der Waals surface area contributed by atoms with E-state index < -0.39 is 0 Å². The summed E-state index contributed by atoms with van der Waals surface area (Å²) in [6, 6.07) is 15.1. The summed E-state index contributed by atoms with van der Waals surface area (Å²) in [5, 5.41) is 0. The first-order valence-electron chi connectivity index (χ1n) is 5.92. The number of benzene rings is 2. The zero-order valence-corrected chi connectivity index (χ0v) is 10.7. The van der Waals surface area contributed by atoms with Crippen LogP contribution in [0.15, 0.2) is 49.0 Å². The van der Waals surface area contributed by atoms with E-state index in [-0.39, 0.29) is 0 Å². The summed E-state index contributed by atoms with van der Waals surface area (Å²) < 4.78 is 0. The summed E-state index contributed by atoms with van der Waals surface area (Å²) >= 11 is 0. The molecule has 86 valence electrons. The van der Waals surface area contributed by atoms with Crippen LogP contribution in [0.2, 0.25) is 0 Å². The number of aryl methyl sites for hydroxylation is 1. The van der Waals surface area contributed by atoms with Crippen LogP contribution < -0.4 is 0 Å². The van der Waals surface area contributed by atoms with Gasteiger partial charge in [0, 0.05) is 0 Å². The molecule has 0 aliphatic heterocycles. The molecule has 2 aromatic rings. The first kappa shape index (κ1) is 11.7. The van der Waals surface area contributed by atoms with Crippen molar-refractivity contribution >= 4 is 5.57 Å². The van der Waals surface area contributed by atoms with E-state index in [1.165, 1.54) is 27.8 Å². The summed E-state index contributed by atoms with van der Waals surface area (Å²) in [4.78, 5) is 0. The molecule has 17 heavy (non-hydrogen) atoms. The predicted octanol–water partition coefficient (Wildman–Crippen LogP) is 5.00. The van der Waals surface area contributed by atoms with Crippen molar-refractivity contribution in [1.82, 2.24) is 0 Å². The van der Waals surface area contributed by atoms with Crippen LogP contribution in [0.25, 0.3) is 16.7 Å². The van der Waals surface area contributed by atoms with Crippen molar-refractivity contribution < 1.29 is 0 Å². The van der Waals surface area contributed by atoms with Gasteiger partial charge < -0.3 is 0 Å². The lowest BCUT2D eigenvalue weighted by molar-refractivity contribution is 1.34. The van der Waals surface area contributed by atoms with E-state index in [0.29, 0.717) is 0 Å². The van der Waals surface area contributed by atoms with Gasteiger partial charge in [-0.3, -0.25) is 0 Å². The molecule has 0 bridgehead atoms. The lowest BCUT2D eigenvalue weighted by Crippen LogP contribution is -1.87. The predicted molar refractivity (Wildman–Crippen MR) is 76.1 cm³/mol. The average molecular weight is 222 g/mol. The molecule has 0 aromatic heterocycles. The van der Waals surface area contributed by atoms with Gasteiger partial charge in [-0.2, -0.15) is 0 Å². The fraction of sp³-hybridized carbons (Fsp3) is 0.176. The van der Waals surface area contributed by atoms with E-state index in [1.807, 2.05) is 6.92 Å². The summed E-state index contributed by atoms with van der Waals surface area (Å²) in [6.07, 6.45) is 0. The molecule has 0 nitrogen and oxygen atoms in total. The van der Waals surface area contributed by atoms with Crippen molar-refractivity contribution in [2.24, 2.45) is 0 Å². The van der Waals surface area contributed by atoms with Crippen molar-refractivity contribution in [2.45, 2.75) is 20.8 Å². The van der Waals surface area contributed by atoms with Gasteiger partial charge in [-0.05, 0) is 48.6 Å². The highest BCUT2D eigenvalue weighted by Gasteiger charge is 2.03. The Balaban J connectivity index is 2.47. The molecule has 0 saturated heterocycles. The zero-order valence-electron chi connectivity index (χ0n) is 10.7. The fourth-order valence-electron chi connectivity index (χ4n) is 2.00. The van der Waals surface area contributed by atoms with Gasteiger partial charge in [0.05, 0.1) is 0 Å². The van der Waals surface area contributed by atoms with E-state index >= 15 is 0 Å². The standard InChI is InChI=1S/C17H18/c1-12(2)15-8-10-16(11-9-15)17-7-5-6-13(3)14(17)4/h5-11H,1H2,2-4H3. The lowest BCUT2D eigenvalue weighted by Gasteiger charge is -2.09. The second kappa shape index (κ2) is 4.58. The molecule has 0 heteroatoms. The monoisotopic (exact) mass is 222 g/mol. The summed E-state index contributed by atoms with van der Waals surface area (Å²) in [6.45, 7) is 10.3. The number of hydrogen-bond donors (Lipinski definition) is 0. The van der Waals surface area contributed by atoms with Gasteiger partial charge in [0.1, 0.15) is 0 Å². The average Bonchev–Trinajstić information content (AvgIpc) is 2.33. The van der Waals surface area contributed by atoms with Crippen molar-refractivity contribution in [3.8, 4) is 11.1 Å². The van der Waals surface area contributed by atoms with Crippen molar-refractivity contribution in [3.63, 3.8) is 0 Å². The van der Waals surface area contributed by atoms with Gasteiger partial charge >= 0.3 is 0 Å². The van der Waals surface area contributed by atoms with E-state index in [9.17, 15) is 0 Å². The molecular weight excluding hydrogens is 204 g/mol. The van der Waals surface area contributed by atoms with Gasteiger partial charge in [-0.1, -0.05) is 54.6 Å². The molecule has 0 saturated carbocycles. The highest BCUT2D eigenvalue weighted by Crippen LogP contribution is 2.26. The minimum atomic E-state index is 1.11. The maximum atomic E-state index is 3.96. The largest absolute Gasteiger partial charge is 0.0955 e. The van der Waals surface area contributed by atoms with Gasteiger partial charge in [-0.25, -0.2) is 0 Å². The van der Waals surface area contributed by atoms with Crippen LogP contribution in [-0.2, 0) is 0 Å². The SMILES string of the molecule is C=C(C)c1ccc(-c2cccc(C)c2C)cc1. The number of rotatable bonds is 2. The fourth-order valence-corrected chi connectivity index (χ4v) is 2.00. The Kier molecular flexibility index (Phi) is 3.14. The Labute approximate surface area is 104 Å². The molecule has 0 aliphatic carbocycles. The zero-order chi connectivity index (χ0) is 12.4. The molecule has 0 amide bonds. The van der Waals surface area contributed by atoms with Gasteiger partial charge in [0.2, 0.25) is 0 Å². The quantitative estimate of drug-likeness (QED) is 0.670. The molecule has 0 N–H and O–H groups in total. The number of allylic oxidation sites excluding steroid dienone is 1. The van der Waals surface area contributed by atoms with Crippen LogP contribution in [0.5, 0.6) is 0 Å². The van der Waals surface area contributed by atoms with Gasteiger partial charge in [0.25, 0.3) is 0 Å². The molecule has 0 spiro atoms. The van der Waals surface area contributed by atoms with Crippen LogP contribution in [-0.4, -0.2) is 0 Å². The third-order valence-corrected chi connectivity index (χ3v) is 3.29. The van der Waals surface area contributed by atoms with Gasteiger partial charge in [0.15, 0.2) is 0 Å². The third-order valence-electron chi connectivity index (χ3n) is 3.29. The molecule has 2 aromatic carbocycles. The summed E-state index contributed by atoms with van der Waals surface area (Å²) in [5.74, 6) is 0. The Bertz CT molecular complexity index is 545. The highest BCUT2D eigenvalue weighted by atomic mass is 14.1. The molecule has 2 rings (SSSR count). The summed E-state index contributed by atoms with van der Waals surface area (Å²) in [5.41, 5.74) is 7.60. The Morgan fingerprint density at radius 3 is 2.18 bits per heavy atom. The lowest BCUT2D eigenvalue weighted by atomic mass is 9.96. The van der Waals surface area contributed by atoms with Crippen LogP contribution in [0.1, 0.15) is 23.6 Å². The third kappa shape index (κ3) is 2.31. The van der Waals surface area contributed by atoms with E-state index in [2.05, 4.69) is 62.9 Å². The molecular formula is C17H18. The van der Waals surface area contributed by atoms with Crippen LogP contribution in [0.3, 0.4) is 0 Å². The Morgan fingerprint density at radius 1 is 0.941 bits per heavy atom. The minimum absolute atomic E-state index is 1.11. The van der Waals surface area contributed by atoms with Crippen molar-refractivity contribution in [3.05, 3.63) is 65.7 Å². The molecule has 0 unspecified atom stereocenters. The Hall–Kier alpha value is -1.82. The van der Waals surface area contributed by atoms with Crippen LogP contribution in [0, 0.1) is 13.8 Å². The van der Waals surface area contributed by atoms with E-state index in [1.54, 1.807) is 0 Å². The van der Waals surface area contributed by atoms with Crippen LogP contribution >= 0.6 is 0 Å². The van der Waals surface area contributed by atoms with Crippen LogP contribution in [0.4, 0.5) is 0 Å². The second-order valence-corrected chi connectivity index (χ2v) is 4.61. The summed E-state index contributed by atoms with van der Waals surface area (Å²) in [7, 11) is 0. The topological polar surface area (TPSA) is 0 Å². The van der Waals surface area contributed by atoms with Crippen molar-refractivity contribution in [2.75, 3.05) is 0 Å². The smallest absolute Gasteiger partial charge is 0.0152 e. The molecule has 0 fully saturated rings. The normalized spacial score (nSPS) is 10.3. The highest BCUT2D eigenvalue weighted by molar-refractivity contribution is 5.71. The molecule has 0 radical (unpaired) electrons. The second-order valence-electron chi connectivity index (χ2n) is 4.61. The molecule has 0 atom stereocenters. The Morgan fingerprint density at radius 2 is 1.59 bits per heavy atom. The first-order chi connectivity index (χ1) is 8.09. The first-order valence-corrected chi connectivity index (χ1v) is 5.92. The molecule has 0 aliphatic rings. The maximum absolute atomic E-state index is 3.96. The van der Waals surface area contributed by atoms with E-state index in [4.69, 9.17) is 0 Å². The number of hydrogen-bond acceptors (Lipinski definition) is 0. The van der Waals surface area contributed by atoms with Gasteiger partial charge in [-0.15, -0.1) is 0 Å². The van der Waals surface area contributed by atoms with E-state index in [0.717, 1.165) is 5.57 Å². The minimum Gasteiger partial charge on any atom is -0.0955 e. The van der Waals surface area contributed by atoms with Crippen molar-refractivity contribution in [1.29, 1.82) is 0 Å². The molecule has 0 heterocycles. The maximum Gasteiger partial charge on any atom is -0.0152 e.